The standard InChI is InChI=1S/C21H24N6O3/c1-26(2)15-5-6-27(11-15)20(29)12-7-14(23-10-12)9-17-16-8-13(24-21(22)30)3-4-18(16)25-19(17)28/h3-4,7-10,15,23H,5-6,11H2,1-2H3,(H,25,28)(H3,22,24,30)/b17-9-/t15-/m1/s1. The minimum absolute atomic E-state index is 0.0236. The number of carbonyl (C=O) groups is 3. The van der Waals surface area contributed by atoms with Crippen molar-refractivity contribution in [1.29, 1.82) is 0 Å². The zero-order chi connectivity index (χ0) is 21.4. The molecule has 1 aromatic carbocycles. The summed E-state index contributed by atoms with van der Waals surface area (Å²) in [7, 11) is 4.04. The highest BCUT2D eigenvalue weighted by Gasteiger charge is 2.29. The Bertz CT molecular complexity index is 1050. The average Bonchev–Trinajstić information content (AvgIpc) is 3.41. The minimum atomic E-state index is -0.677. The molecule has 156 valence electrons. The van der Waals surface area contributed by atoms with Gasteiger partial charge in [-0.05, 0) is 50.9 Å². The predicted octanol–water partition coefficient (Wildman–Crippen LogP) is 1.77. The quantitative estimate of drug-likeness (QED) is 0.576. The van der Waals surface area contributed by atoms with Crippen LogP contribution in [0.5, 0.6) is 0 Å². The van der Waals surface area contributed by atoms with Crippen LogP contribution in [-0.2, 0) is 4.79 Å². The fourth-order valence-electron chi connectivity index (χ4n) is 3.86. The molecule has 1 saturated heterocycles. The number of hydrogen-bond acceptors (Lipinski definition) is 4. The molecule has 0 aliphatic carbocycles. The van der Waals surface area contributed by atoms with Crippen LogP contribution in [0.1, 0.15) is 28.0 Å². The summed E-state index contributed by atoms with van der Waals surface area (Å²) in [5.74, 6) is -0.276. The van der Waals surface area contributed by atoms with E-state index in [1.807, 2.05) is 19.0 Å². The average molecular weight is 408 g/mol. The molecular formula is C21H24N6O3. The fraction of sp³-hybridized carbons (Fsp3) is 0.286. The Morgan fingerprint density at radius 2 is 2.10 bits per heavy atom. The third-order valence-corrected chi connectivity index (χ3v) is 5.50. The molecule has 3 heterocycles. The van der Waals surface area contributed by atoms with Gasteiger partial charge >= 0.3 is 6.03 Å². The summed E-state index contributed by atoms with van der Waals surface area (Å²) in [5, 5.41) is 5.30. The molecule has 2 aliphatic rings. The van der Waals surface area contributed by atoms with Gasteiger partial charge in [0.05, 0.1) is 11.1 Å². The van der Waals surface area contributed by atoms with E-state index in [2.05, 4.69) is 20.5 Å². The number of anilines is 2. The van der Waals surface area contributed by atoms with Gasteiger partial charge in [0, 0.05) is 48.0 Å². The van der Waals surface area contributed by atoms with Crippen molar-refractivity contribution in [2.45, 2.75) is 12.5 Å². The first-order valence-corrected chi connectivity index (χ1v) is 9.70. The van der Waals surface area contributed by atoms with E-state index in [-0.39, 0.29) is 11.8 Å². The van der Waals surface area contributed by atoms with Crippen LogP contribution < -0.4 is 16.4 Å². The van der Waals surface area contributed by atoms with Gasteiger partial charge in [-0.25, -0.2) is 4.79 Å². The van der Waals surface area contributed by atoms with Crippen LogP contribution in [0.15, 0.2) is 30.5 Å². The second-order valence-electron chi connectivity index (χ2n) is 7.76. The Morgan fingerprint density at radius 1 is 1.30 bits per heavy atom. The Kier molecular flexibility index (Phi) is 5.04. The van der Waals surface area contributed by atoms with Crippen LogP contribution in [0.4, 0.5) is 16.2 Å². The van der Waals surface area contributed by atoms with Gasteiger partial charge in [0.25, 0.3) is 11.8 Å². The number of nitrogens with one attached hydrogen (secondary N) is 3. The highest BCUT2D eigenvalue weighted by atomic mass is 16.2. The van der Waals surface area contributed by atoms with E-state index in [1.165, 1.54) is 0 Å². The lowest BCUT2D eigenvalue weighted by atomic mass is 10.0. The molecule has 0 spiro atoms. The molecule has 1 fully saturated rings. The summed E-state index contributed by atoms with van der Waals surface area (Å²) >= 11 is 0. The van der Waals surface area contributed by atoms with Crippen LogP contribution in [0.2, 0.25) is 0 Å². The number of rotatable bonds is 4. The van der Waals surface area contributed by atoms with Crippen molar-refractivity contribution in [3.05, 3.63) is 47.3 Å². The van der Waals surface area contributed by atoms with Crippen molar-refractivity contribution >= 4 is 40.9 Å². The molecule has 2 aromatic rings. The molecule has 4 rings (SSSR count). The van der Waals surface area contributed by atoms with Gasteiger partial charge in [0.2, 0.25) is 0 Å². The van der Waals surface area contributed by atoms with Gasteiger partial charge in [-0.15, -0.1) is 0 Å². The molecule has 2 aliphatic heterocycles. The van der Waals surface area contributed by atoms with Crippen molar-refractivity contribution in [1.82, 2.24) is 14.8 Å². The highest BCUT2D eigenvalue weighted by molar-refractivity contribution is 6.35. The van der Waals surface area contributed by atoms with Crippen molar-refractivity contribution in [3.63, 3.8) is 0 Å². The lowest BCUT2D eigenvalue weighted by Gasteiger charge is -2.20. The fourth-order valence-corrected chi connectivity index (χ4v) is 3.86. The Balaban J connectivity index is 1.56. The van der Waals surface area contributed by atoms with Gasteiger partial charge in [-0.3, -0.25) is 9.59 Å². The number of aromatic nitrogens is 1. The molecule has 0 radical (unpaired) electrons. The van der Waals surface area contributed by atoms with Gasteiger partial charge in [-0.2, -0.15) is 0 Å². The van der Waals surface area contributed by atoms with Crippen molar-refractivity contribution < 1.29 is 14.4 Å². The highest BCUT2D eigenvalue weighted by Crippen LogP contribution is 2.35. The predicted molar refractivity (Wildman–Crippen MR) is 115 cm³/mol. The minimum Gasteiger partial charge on any atom is -0.361 e. The molecule has 4 amide bonds. The number of aromatic amines is 1. The maximum absolute atomic E-state index is 12.8. The molecule has 0 saturated carbocycles. The molecule has 0 bridgehead atoms. The van der Waals surface area contributed by atoms with Gasteiger partial charge in [0.1, 0.15) is 0 Å². The number of primary amides is 1. The maximum atomic E-state index is 12.8. The lowest BCUT2D eigenvalue weighted by Crippen LogP contribution is -2.34. The van der Waals surface area contributed by atoms with Crippen LogP contribution in [0.25, 0.3) is 11.6 Å². The molecule has 9 heteroatoms. The first-order valence-electron chi connectivity index (χ1n) is 9.70. The molecule has 30 heavy (non-hydrogen) atoms. The number of H-pyrrole nitrogens is 1. The molecule has 1 aromatic heterocycles. The number of likely N-dealkylation sites (N-methyl/N-ethyl adjacent to an activating group) is 1. The number of hydrogen-bond donors (Lipinski definition) is 4. The summed E-state index contributed by atoms with van der Waals surface area (Å²) in [6.07, 6.45) is 4.31. The molecule has 0 unspecified atom stereocenters. The van der Waals surface area contributed by atoms with E-state index in [4.69, 9.17) is 5.73 Å². The summed E-state index contributed by atoms with van der Waals surface area (Å²) in [6, 6.07) is 6.49. The number of amides is 4. The first kappa shape index (κ1) is 19.7. The second kappa shape index (κ2) is 7.68. The van der Waals surface area contributed by atoms with Crippen LogP contribution in [0, 0.1) is 0 Å². The number of carbonyl (C=O) groups excluding carboxylic acids is 3. The van der Waals surface area contributed by atoms with Gasteiger partial charge in [-0.1, -0.05) is 0 Å². The summed E-state index contributed by atoms with van der Waals surface area (Å²) in [6.45, 7) is 1.44. The number of nitrogens with two attached hydrogens (primary N) is 1. The van der Waals surface area contributed by atoms with E-state index in [0.29, 0.717) is 46.4 Å². The van der Waals surface area contributed by atoms with E-state index in [9.17, 15) is 14.4 Å². The Labute approximate surface area is 173 Å². The van der Waals surface area contributed by atoms with E-state index < -0.39 is 6.03 Å². The topological polar surface area (TPSA) is 124 Å². The number of fused-ring (bicyclic) bond motifs is 1. The number of likely N-dealkylation sites (tertiary alicyclic amines) is 1. The van der Waals surface area contributed by atoms with Crippen molar-refractivity contribution in [2.75, 3.05) is 37.8 Å². The smallest absolute Gasteiger partial charge is 0.316 e. The zero-order valence-electron chi connectivity index (χ0n) is 16.9. The lowest BCUT2D eigenvalue weighted by molar-refractivity contribution is -0.110. The third-order valence-electron chi connectivity index (χ3n) is 5.50. The zero-order valence-corrected chi connectivity index (χ0v) is 16.9. The van der Waals surface area contributed by atoms with Crippen LogP contribution in [-0.4, -0.2) is 65.9 Å². The van der Waals surface area contributed by atoms with Gasteiger partial charge < -0.3 is 31.2 Å². The molecule has 1 atom stereocenters. The summed E-state index contributed by atoms with van der Waals surface area (Å²) in [4.78, 5) is 43.4. The summed E-state index contributed by atoms with van der Waals surface area (Å²) in [5.41, 5.74) is 8.62. The van der Waals surface area contributed by atoms with E-state index in [0.717, 1.165) is 13.0 Å². The SMILES string of the molecule is CN(C)[C@@H]1CCN(C(=O)c2c[nH]c(/C=C3\C(=O)Nc4ccc(NC(N)=O)cc43)c2)C1. The van der Waals surface area contributed by atoms with Gasteiger partial charge in [0.15, 0.2) is 0 Å². The number of nitrogens with zero attached hydrogens (tertiary/aromatic N) is 2. The Morgan fingerprint density at radius 3 is 2.80 bits per heavy atom. The third kappa shape index (κ3) is 3.79. The molecular weight excluding hydrogens is 384 g/mol. The number of urea groups is 1. The Hall–Kier alpha value is -3.59. The monoisotopic (exact) mass is 408 g/mol. The van der Waals surface area contributed by atoms with Crippen molar-refractivity contribution in [3.8, 4) is 0 Å². The van der Waals surface area contributed by atoms with Crippen LogP contribution in [0.3, 0.4) is 0 Å². The number of benzene rings is 1. The maximum Gasteiger partial charge on any atom is 0.316 e. The molecule has 5 N–H and O–H groups in total. The normalized spacial score (nSPS) is 19.3. The first-order chi connectivity index (χ1) is 14.3. The second-order valence-corrected chi connectivity index (χ2v) is 7.76. The van der Waals surface area contributed by atoms with E-state index in [1.54, 1.807) is 36.5 Å². The summed E-state index contributed by atoms with van der Waals surface area (Å²) < 4.78 is 0. The molecule has 9 nitrogen and oxygen atoms in total. The van der Waals surface area contributed by atoms with E-state index >= 15 is 0 Å². The van der Waals surface area contributed by atoms with Crippen molar-refractivity contribution in [2.24, 2.45) is 5.73 Å². The largest absolute Gasteiger partial charge is 0.361 e. The van der Waals surface area contributed by atoms with Crippen LogP contribution >= 0.6 is 0 Å².